The average molecular weight is 196 g/mol. The van der Waals surface area contributed by atoms with E-state index in [0.29, 0.717) is 0 Å². The first kappa shape index (κ1) is 11.3. The van der Waals surface area contributed by atoms with E-state index in [2.05, 4.69) is 14.6 Å². The molecule has 1 atom stereocenters. The molecule has 7 heteroatoms. The van der Waals surface area contributed by atoms with Gasteiger partial charge in [-0.2, -0.15) is 8.42 Å². The molecule has 0 saturated carbocycles. The summed E-state index contributed by atoms with van der Waals surface area (Å²) in [5.74, 6) is -0.827. The molecule has 0 aliphatic carbocycles. The van der Waals surface area contributed by atoms with Crippen LogP contribution in [-0.2, 0) is 19.3 Å². The molecule has 0 aromatic heterocycles. The van der Waals surface area contributed by atoms with E-state index < -0.39 is 16.2 Å². The van der Waals surface area contributed by atoms with E-state index in [1.807, 2.05) is 0 Å². The molecule has 0 aromatic carbocycles. The number of carbonyl (C=O) groups is 1. The summed E-state index contributed by atoms with van der Waals surface area (Å²) in [7, 11) is -2.49. The van der Waals surface area contributed by atoms with Crippen LogP contribution in [0.3, 0.4) is 0 Å². The Hall–Kier alpha value is -0.660. The van der Waals surface area contributed by atoms with Crippen LogP contribution in [0.4, 0.5) is 0 Å². The minimum Gasteiger partial charge on any atom is -0.359 e. The van der Waals surface area contributed by atoms with E-state index in [0.717, 1.165) is 0 Å². The maximum absolute atomic E-state index is 10.8. The van der Waals surface area contributed by atoms with E-state index in [1.54, 1.807) is 0 Å². The van der Waals surface area contributed by atoms with E-state index in [-0.39, 0.29) is 12.5 Å². The second-order valence-corrected chi connectivity index (χ2v) is 3.51. The summed E-state index contributed by atoms with van der Waals surface area (Å²) in [6.07, 6.45) is 0. The van der Waals surface area contributed by atoms with Crippen molar-refractivity contribution in [2.45, 2.75) is 6.92 Å². The fraction of sp³-hybridized carbons (Fsp3) is 0.800. The third-order valence-corrected chi connectivity index (χ3v) is 1.64. The summed E-state index contributed by atoms with van der Waals surface area (Å²) < 4.78 is 24.7. The second-order valence-electron chi connectivity index (χ2n) is 2.29. The van der Waals surface area contributed by atoms with Gasteiger partial charge in [-0.25, -0.2) is 5.14 Å². The van der Waals surface area contributed by atoms with Crippen molar-refractivity contribution in [3.8, 4) is 0 Å². The van der Waals surface area contributed by atoms with Crippen LogP contribution in [0.25, 0.3) is 0 Å². The minimum atomic E-state index is -3.94. The quantitative estimate of drug-likeness (QED) is 0.577. The highest BCUT2D eigenvalue weighted by Gasteiger charge is 2.13. The van der Waals surface area contributed by atoms with E-state index in [9.17, 15) is 13.2 Å². The van der Waals surface area contributed by atoms with Crippen LogP contribution in [0, 0.1) is 5.92 Å². The van der Waals surface area contributed by atoms with Crippen LogP contribution in [0.1, 0.15) is 6.92 Å². The Kier molecular flexibility index (Phi) is 4.15. The molecule has 0 aliphatic heterocycles. The van der Waals surface area contributed by atoms with Crippen LogP contribution in [-0.4, -0.2) is 28.0 Å². The molecule has 0 rings (SSSR count). The molecule has 0 saturated heterocycles. The smallest absolute Gasteiger partial charge is 0.333 e. The second kappa shape index (κ2) is 4.39. The lowest BCUT2D eigenvalue weighted by atomic mass is 10.2. The molecule has 3 N–H and O–H groups in total. The number of amides is 1. The Balaban J connectivity index is 3.88. The van der Waals surface area contributed by atoms with Crippen molar-refractivity contribution in [3.63, 3.8) is 0 Å². The molecule has 6 nitrogen and oxygen atoms in total. The molecule has 0 heterocycles. The molecule has 0 spiro atoms. The Morgan fingerprint density at radius 1 is 1.67 bits per heavy atom. The minimum absolute atomic E-state index is 0.238. The number of nitrogens with two attached hydrogens (primary N) is 1. The third kappa shape index (κ3) is 5.05. The number of nitrogens with one attached hydrogen (secondary N) is 1. The third-order valence-electron chi connectivity index (χ3n) is 1.18. The Bertz CT molecular complexity index is 248. The van der Waals surface area contributed by atoms with Gasteiger partial charge in [0.2, 0.25) is 5.91 Å². The van der Waals surface area contributed by atoms with Gasteiger partial charge in [0.25, 0.3) is 0 Å². The van der Waals surface area contributed by atoms with E-state index in [1.165, 1.54) is 14.0 Å². The molecule has 0 aliphatic rings. The standard InChI is InChI=1S/C5H12N2O4S/c1-4(5(8)7-2)3-11-12(6,9)10/h4H,3H2,1-2H3,(H,7,8)(H2,6,9,10). The highest BCUT2D eigenvalue weighted by Crippen LogP contribution is 1.96. The first-order valence-corrected chi connectivity index (χ1v) is 4.72. The SMILES string of the molecule is CNC(=O)C(C)COS(N)(=O)=O. The maximum atomic E-state index is 10.8. The van der Waals surface area contributed by atoms with Gasteiger partial charge in [0.15, 0.2) is 0 Å². The topological polar surface area (TPSA) is 98.5 Å². The predicted octanol–water partition coefficient (Wildman–Crippen LogP) is -1.41. The van der Waals surface area contributed by atoms with Gasteiger partial charge in [-0.1, -0.05) is 6.92 Å². The summed E-state index contributed by atoms with van der Waals surface area (Å²) >= 11 is 0. The van der Waals surface area contributed by atoms with Crippen LogP contribution in [0.15, 0.2) is 0 Å². The number of rotatable bonds is 4. The molecule has 0 aromatic rings. The van der Waals surface area contributed by atoms with Gasteiger partial charge < -0.3 is 5.32 Å². The Morgan fingerprint density at radius 2 is 2.17 bits per heavy atom. The number of carbonyl (C=O) groups excluding carboxylic acids is 1. The summed E-state index contributed by atoms with van der Waals surface area (Å²) in [4.78, 5) is 10.8. The van der Waals surface area contributed by atoms with Crippen molar-refractivity contribution in [2.75, 3.05) is 13.7 Å². The van der Waals surface area contributed by atoms with Crippen molar-refractivity contribution >= 4 is 16.2 Å². The molecular formula is C5H12N2O4S. The first-order chi connectivity index (χ1) is 5.37. The fourth-order valence-corrected chi connectivity index (χ4v) is 0.913. The van der Waals surface area contributed by atoms with E-state index in [4.69, 9.17) is 0 Å². The normalized spacial score (nSPS) is 13.9. The van der Waals surface area contributed by atoms with Gasteiger partial charge in [-0.05, 0) is 0 Å². The van der Waals surface area contributed by atoms with Crippen LogP contribution >= 0.6 is 0 Å². The summed E-state index contributed by atoms with van der Waals surface area (Å²) in [5.41, 5.74) is 0. The Morgan fingerprint density at radius 3 is 2.50 bits per heavy atom. The molecule has 0 bridgehead atoms. The van der Waals surface area contributed by atoms with Gasteiger partial charge >= 0.3 is 10.3 Å². The lowest BCUT2D eigenvalue weighted by Crippen LogP contribution is -2.30. The van der Waals surface area contributed by atoms with Crippen molar-refractivity contribution < 1.29 is 17.4 Å². The first-order valence-electron chi connectivity index (χ1n) is 3.25. The largest absolute Gasteiger partial charge is 0.359 e. The van der Waals surface area contributed by atoms with Gasteiger partial charge in [0.1, 0.15) is 0 Å². The zero-order chi connectivity index (χ0) is 9.78. The van der Waals surface area contributed by atoms with Gasteiger partial charge in [0, 0.05) is 7.05 Å². The summed E-state index contributed by atoms with van der Waals surface area (Å²) in [6.45, 7) is 1.29. The zero-order valence-corrected chi connectivity index (χ0v) is 7.72. The van der Waals surface area contributed by atoms with E-state index >= 15 is 0 Å². The molecule has 0 fully saturated rings. The number of hydrogen-bond acceptors (Lipinski definition) is 4. The Labute approximate surface area is 71.3 Å². The highest BCUT2D eigenvalue weighted by molar-refractivity contribution is 7.84. The van der Waals surface area contributed by atoms with Crippen molar-refractivity contribution in [1.82, 2.24) is 5.32 Å². The molecule has 1 amide bonds. The van der Waals surface area contributed by atoms with Crippen molar-refractivity contribution in [1.29, 1.82) is 0 Å². The maximum Gasteiger partial charge on any atom is 0.333 e. The molecule has 0 radical (unpaired) electrons. The molecule has 72 valence electrons. The van der Waals surface area contributed by atoms with Crippen LogP contribution in [0.2, 0.25) is 0 Å². The molecule has 12 heavy (non-hydrogen) atoms. The van der Waals surface area contributed by atoms with Gasteiger partial charge in [-0.15, -0.1) is 0 Å². The van der Waals surface area contributed by atoms with Gasteiger partial charge in [-0.3, -0.25) is 8.98 Å². The average Bonchev–Trinajstić information content (AvgIpc) is 1.97. The van der Waals surface area contributed by atoms with Crippen molar-refractivity contribution in [3.05, 3.63) is 0 Å². The lowest BCUT2D eigenvalue weighted by Gasteiger charge is -2.07. The number of hydrogen-bond donors (Lipinski definition) is 2. The van der Waals surface area contributed by atoms with Crippen LogP contribution < -0.4 is 10.5 Å². The molecule has 1 unspecified atom stereocenters. The summed E-state index contributed by atoms with van der Waals surface area (Å²) in [6, 6.07) is 0. The summed E-state index contributed by atoms with van der Waals surface area (Å²) in [5, 5.41) is 6.89. The van der Waals surface area contributed by atoms with Crippen LogP contribution in [0.5, 0.6) is 0 Å². The predicted molar refractivity (Wildman–Crippen MR) is 42.3 cm³/mol. The molecular weight excluding hydrogens is 184 g/mol. The fourth-order valence-electron chi connectivity index (χ4n) is 0.519. The van der Waals surface area contributed by atoms with Crippen molar-refractivity contribution in [2.24, 2.45) is 11.1 Å². The lowest BCUT2D eigenvalue weighted by molar-refractivity contribution is -0.124. The van der Waals surface area contributed by atoms with Gasteiger partial charge in [0.05, 0.1) is 12.5 Å². The monoisotopic (exact) mass is 196 g/mol. The zero-order valence-electron chi connectivity index (χ0n) is 6.90. The highest BCUT2D eigenvalue weighted by atomic mass is 32.2.